The molecule has 9 heteroatoms. The summed E-state index contributed by atoms with van der Waals surface area (Å²) in [7, 11) is -2.74. The van der Waals surface area contributed by atoms with Crippen LogP contribution in [0.1, 0.15) is 10.4 Å². The Kier molecular flexibility index (Phi) is 3.45. The van der Waals surface area contributed by atoms with Crippen molar-refractivity contribution in [3.05, 3.63) is 29.8 Å². The molecule has 0 spiro atoms. The van der Waals surface area contributed by atoms with E-state index in [9.17, 15) is 22.8 Å². The van der Waals surface area contributed by atoms with Crippen LogP contribution in [0.25, 0.3) is 0 Å². The van der Waals surface area contributed by atoms with Gasteiger partial charge in [-0.3, -0.25) is 14.9 Å². The van der Waals surface area contributed by atoms with Gasteiger partial charge < -0.3 is 5.32 Å². The number of urea groups is 1. The lowest BCUT2D eigenvalue weighted by Crippen LogP contribution is -2.45. The molecule has 1 aliphatic heterocycles. The van der Waals surface area contributed by atoms with Crippen molar-refractivity contribution >= 4 is 27.9 Å². The number of sulfonamides is 1. The Morgan fingerprint density at radius 2 is 1.90 bits per heavy atom. The minimum Gasteiger partial charge on any atom is -0.341 e. The van der Waals surface area contributed by atoms with Gasteiger partial charge in [0.05, 0.1) is 5.56 Å². The Morgan fingerprint density at radius 1 is 1.25 bits per heavy atom. The average molecular weight is 297 g/mol. The zero-order valence-electron chi connectivity index (χ0n) is 10.4. The molecule has 0 fully saturated rings. The number of hydrogen-bond donors (Lipinski definition) is 2. The molecule has 0 saturated carbocycles. The fourth-order valence-corrected chi connectivity index (χ4v) is 3.27. The predicted molar refractivity (Wildman–Crippen MR) is 67.3 cm³/mol. The highest BCUT2D eigenvalue weighted by atomic mass is 32.2. The normalized spacial score (nSPS) is 15.7. The van der Waals surface area contributed by atoms with E-state index in [0.717, 1.165) is 0 Å². The van der Waals surface area contributed by atoms with Gasteiger partial charge in [-0.15, -0.1) is 0 Å². The van der Waals surface area contributed by atoms with E-state index in [1.165, 1.54) is 31.3 Å². The monoisotopic (exact) mass is 297 g/mol. The highest BCUT2D eigenvalue weighted by Gasteiger charge is 2.41. The molecule has 1 aromatic carbocycles. The fraction of sp³-hybridized carbons (Fsp3) is 0.182. The molecule has 8 nitrogen and oxygen atoms in total. The first-order chi connectivity index (χ1) is 9.37. The summed E-state index contributed by atoms with van der Waals surface area (Å²) in [6, 6.07) is 4.89. The summed E-state index contributed by atoms with van der Waals surface area (Å²) in [6.45, 7) is -0.747. The summed E-state index contributed by atoms with van der Waals surface area (Å²) in [5.74, 6) is -1.68. The van der Waals surface area contributed by atoms with E-state index < -0.39 is 34.4 Å². The minimum atomic E-state index is -4.04. The predicted octanol–water partition coefficient (Wildman–Crippen LogP) is -0.713. The molecule has 0 aromatic heterocycles. The second-order valence-corrected chi connectivity index (χ2v) is 5.77. The van der Waals surface area contributed by atoms with E-state index in [0.29, 0.717) is 4.31 Å². The fourth-order valence-electron chi connectivity index (χ4n) is 1.75. The number of rotatable bonds is 2. The number of fused-ring (bicyclic) bond motifs is 1. The van der Waals surface area contributed by atoms with Crippen LogP contribution in [0.4, 0.5) is 4.79 Å². The van der Waals surface area contributed by atoms with E-state index in [1.807, 2.05) is 5.32 Å². The van der Waals surface area contributed by atoms with Crippen molar-refractivity contribution < 1.29 is 22.8 Å². The summed E-state index contributed by atoms with van der Waals surface area (Å²) in [6.07, 6.45) is 0. The van der Waals surface area contributed by atoms with Crippen molar-refractivity contribution in [2.24, 2.45) is 0 Å². The van der Waals surface area contributed by atoms with Gasteiger partial charge in [0.2, 0.25) is 5.91 Å². The third-order valence-corrected chi connectivity index (χ3v) is 4.47. The molecule has 1 heterocycles. The Labute approximate surface area is 114 Å². The van der Waals surface area contributed by atoms with Crippen molar-refractivity contribution in [3.8, 4) is 0 Å². The molecule has 0 bridgehead atoms. The van der Waals surface area contributed by atoms with Gasteiger partial charge in [-0.05, 0) is 12.1 Å². The Morgan fingerprint density at radius 3 is 2.50 bits per heavy atom. The standard InChI is InChI=1S/C11H11N3O5S/c1-12-11(17)13-9(15)6-14-10(16)7-4-2-3-5-8(7)20(14,18)19/h2-5H,6H2,1H3,(H2,12,13,15,17). The summed E-state index contributed by atoms with van der Waals surface area (Å²) in [5, 5.41) is 4.04. The van der Waals surface area contributed by atoms with Gasteiger partial charge in [0, 0.05) is 7.05 Å². The van der Waals surface area contributed by atoms with E-state index in [1.54, 1.807) is 0 Å². The van der Waals surface area contributed by atoms with Crippen LogP contribution in [0.3, 0.4) is 0 Å². The van der Waals surface area contributed by atoms with Crippen LogP contribution in [-0.4, -0.2) is 44.2 Å². The molecule has 1 aliphatic rings. The van der Waals surface area contributed by atoms with Crippen molar-refractivity contribution in [2.45, 2.75) is 4.90 Å². The van der Waals surface area contributed by atoms with Gasteiger partial charge in [-0.1, -0.05) is 12.1 Å². The maximum Gasteiger partial charge on any atom is 0.321 e. The molecular formula is C11H11N3O5S. The molecule has 2 rings (SSSR count). The van der Waals surface area contributed by atoms with Crippen LogP contribution in [-0.2, 0) is 14.8 Å². The summed E-state index contributed by atoms with van der Waals surface area (Å²) in [5.41, 5.74) is 0.0141. The quantitative estimate of drug-likeness (QED) is 0.748. The minimum absolute atomic E-state index is 0.0141. The first-order valence-electron chi connectivity index (χ1n) is 5.55. The smallest absolute Gasteiger partial charge is 0.321 e. The van der Waals surface area contributed by atoms with Crippen LogP contribution < -0.4 is 10.6 Å². The second kappa shape index (κ2) is 4.93. The largest absolute Gasteiger partial charge is 0.341 e. The number of nitrogens with zero attached hydrogens (tertiary/aromatic N) is 1. The Bertz CT molecular complexity index is 698. The SMILES string of the molecule is CNC(=O)NC(=O)CN1C(=O)c2ccccc2S1(=O)=O. The van der Waals surface area contributed by atoms with Crippen LogP contribution >= 0.6 is 0 Å². The summed E-state index contributed by atoms with van der Waals surface area (Å²) in [4.78, 5) is 34.3. The van der Waals surface area contributed by atoms with Gasteiger partial charge in [-0.25, -0.2) is 17.5 Å². The third-order valence-electron chi connectivity index (χ3n) is 2.68. The van der Waals surface area contributed by atoms with E-state index >= 15 is 0 Å². The maximum atomic E-state index is 12.1. The van der Waals surface area contributed by atoms with E-state index in [4.69, 9.17) is 0 Å². The molecule has 1 aromatic rings. The molecule has 0 atom stereocenters. The van der Waals surface area contributed by atoms with Gasteiger partial charge in [0.1, 0.15) is 11.4 Å². The summed E-state index contributed by atoms with van der Waals surface area (Å²) >= 11 is 0. The molecule has 106 valence electrons. The Hall–Kier alpha value is -2.42. The van der Waals surface area contributed by atoms with Crippen molar-refractivity contribution in [1.82, 2.24) is 14.9 Å². The number of carbonyl (C=O) groups excluding carboxylic acids is 3. The molecule has 20 heavy (non-hydrogen) atoms. The van der Waals surface area contributed by atoms with Crippen LogP contribution in [0, 0.1) is 0 Å². The maximum absolute atomic E-state index is 12.1. The number of carbonyl (C=O) groups is 3. The number of amides is 4. The zero-order valence-corrected chi connectivity index (χ0v) is 11.2. The third kappa shape index (κ3) is 2.23. The first kappa shape index (κ1) is 14.0. The molecule has 0 saturated heterocycles. The number of nitrogens with one attached hydrogen (secondary N) is 2. The lowest BCUT2D eigenvalue weighted by atomic mass is 10.2. The molecule has 0 aliphatic carbocycles. The van der Waals surface area contributed by atoms with Gasteiger partial charge >= 0.3 is 6.03 Å². The van der Waals surface area contributed by atoms with Gasteiger partial charge in [0.15, 0.2) is 0 Å². The van der Waals surface area contributed by atoms with Gasteiger partial charge in [0.25, 0.3) is 15.9 Å². The topological polar surface area (TPSA) is 113 Å². The molecule has 4 amide bonds. The molecule has 2 N–H and O–H groups in total. The lowest BCUT2D eigenvalue weighted by molar-refractivity contribution is -0.119. The van der Waals surface area contributed by atoms with Crippen molar-refractivity contribution in [2.75, 3.05) is 13.6 Å². The second-order valence-electron chi connectivity index (χ2n) is 3.94. The van der Waals surface area contributed by atoms with Crippen molar-refractivity contribution in [1.29, 1.82) is 0 Å². The van der Waals surface area contributed by atoms with E-state index in [-0.39, 0.29) is 10.5 Å². The number of hydrogen-bond acceptors (Lipinski definition) is 5. The van der Waals surface area contributed by atoms with Crippen LogP contribution in [0.2, 0.25) is 0 Å². The first-order valence-corrected chi connectivity index (χ1v) is 6.99. The molecule has 0 unspecified atom stereocenters. The zero-order chi connectivity index (χ0) is 14.9. The highest BCUT2D eigenvalue weighted by Crippen LogP contribution is 2.29. The average Bonchev–Trinajstić information content (AvgIpc) is 2.60. The summed E-state index contributed by atoms with van der Waals surface area (Å²) < 4.78 is 24.7. The van der Waals surface area contributed by atoms with Crippen LogP contribution in [0.5, 0.6) is 0 Å². The van der Waals surface area contributed by atoms with Crippen LogP contribution in [0.15, 0.2) is 29.2 Å². The molecule has 0 radical (unpaired) electrons. The molecular weight excluding hydrogens is 286 g/mol. The lowest BCUT2D eigenvalue weighted by Gasteiger charge is -2.14. The van der Waals surface area contributed by atoms with Gasteiger partial charge in [-0.2, -0.15) is 0 Å². The van der Waals surface area contributed by atoms with Crippen molar-refractivity contribution in [3.63, 3.8) is 0 Å². The Balaban J connectivity index is 2.26. The highest BCUT2D eigenvalue weighted by molar-refractivity contribution is 7.90. The van der Waals surface area contributed by atoms with E-state index in [2.05, 4.69) is 5.32 Å². The number of imide groups is 1. The number of benzene rings is 1.